The van der Waals surface area contributed by atoms with E-state index < -0.39 is 0 Å². The summed E-state index contributed by atoms with van der Waals surface area (Å²) in [7, 11) is 1.61. The molecule has 0 radical (unpaired) electrons. The Morgan fingerprint density at radius 1 is 1.55 bits per heavy atom. The molecule has 0 bridgehead atoms. The molecule has 11 heavy (non-hydrogen) atoms. The van der Waals surface area contributed by atoms with Gasteiger partial charge in [0.15, 0.2) is 5.65 Å². The van der Waals surface area contributed by atoms with Crippen molar-refractivity contribution in [2.45, 2.75) is 0 Å². The van der Waals surface area contributed by atoms with Crippen LogP contribution in [0.5, 0.6) is 0 Å². The van der Waals surface area contributed by atoms with Gasteiger partial charge in [-0.2, -0.15) is 5.10 Å². The maximum Gasteiger partial charge on any atom is 0.351 e. The van der Waals surface area contributed by atoms with Crippen LogP contribution in [0.2, 0.25) is 0 Å². The highest BCUT2D eigenvalue weighted by atomic mass is 16.2. The van der Waals surface area contributed by atoms with Crippen LogP contribution >= 0.6 is 0 Å². The van der Waals surface area contributed by atoms with Crippen molar-refractivity contribution in [1.29, 1.82) is 0 Å². The second-order valence-corrected chi connectivity index (χ2v) is 2.21. The molecule has 0 saturated heterocycles. The highest BCUT2D eigenvalue weighted by molar-refractivity contribution is 5.33. The lowest BCUT2D eigenvalue weighted by atomic mass is 10.6. The smallest absolute Gasteiger partial charge is 0.246 e. The number of hydrogen-bond donors (Lipinski definition) is 0. The van der Waals surface area contributed by atoms with Crippen molar-refractivity contribution in [2.75, 3.05) is 0 Å². The van der Waals surface area contributed by atoms with Crippen LogP contribution in [-0.4, -0.2) is 19.2 Å². The highest BCUT2D eigenvalue weighted by Gasteiger charge is 1.99. The van der Waals surface area contributed by atoms with E-state index in [-0.39, 0.29) is 5.69 Å². The molecule has 5 nitrogen and oxygen atoms in total. The van der Waals surface area contributed by atoms with E-state index in [1.54, 1.807) is 19.3 Å². The Labute approximate surface area is 61.9 Å². The van der Waals surface area contributed by atoms with Crippen molar-refractivity contribution in [1.82, 2.24) is 19.2 Å². The lowest BCUT2D eigenvalue weighted by Crippen LogP contribution is -2.17. The molecule has 0 aliphatic carbocycles. The quantitative estimate of drug-likeness (QED) is 0.505. The van der Waals surface area contributed by atoms with Gasteiger partial charge in [-0.05, 0) is 0 Å². The predicted octanol–water partition coefficient (Wildman–Crippen LogP) is -0.572. The minimum Gasteiger partial charge on any atom is -0.246 e. The molecule has 0 aliphatic rings. The van der Waals surface area contributed by atoms with Crippen LogP contribution in [0.1, 0.15) is 0 Å². The lowest BCUT2D eigenvalue weighted by Gasteiger charge is -1.83. The molecule has 0 N–H and O–H groups in total. The summed E-state index contributed by atoms with van der Waals surface area (Å²) in [5, 5.41) is 3.94. The third kappa shape index (κ3) is 0.739. The molecule has 2 rings (SSSR count). The molecule has 5 heteroatoms. The summed E-state index contributed by atoms with van der Waals surface area (Å²) in [6, 6.07) is 1.68. The molecule has 0 saturated carbocycles. The first kappa shape index (κ1) is 6.09. The van der Waals surface area contributed by atoms with Crippen LogP contribution in [0.4, 0.5) is 0 Å². The van der Waals surface area contributed by atoms with Gasteiger partial charge in [0.05, 0.1) is 0 Å². The van der Waals surface area contributed by atoms with E-state index in [1.165, 1.54) is 15.4 Å². The Balaban J connectivity index is 3.04. The minimum absolute atomic E-state index is 0.173. The van der Waals surface area contributed by atoms with Crippen molar-refractivity contribution in [3.63, 3.8) is 0 Å². The first-order chi connectivity index (χ1) is 5.29. The van der Waals surface area contributed by atoms with E-state index in [4.69, 9.17) is 0 Å². The number of rotatable bonds is 0. The van der Waals surface area contributed by atoms with Crippen molar-refractivity contribution < 1.29 is 0 Å². The number of aromatic nitrogens is 4. The molecular formula is C6H6N4O. The molecular weight excluding hydrogens is 144 g/mol. The fourth-order valence-electron chi connectivity index (χ4n) is 0.936. The third-order valence-corrected chi connectivity index (χ3v) is 1.47. The standard InChI is InChI=1S/C6H6N4O/c1-9-6(11)10-4-7-3-2-5(10)8-9/h2-4H,1H3. The summed E-state index contributed by atoms with van der Waals surface area (Å²) < 4.78 is 2.66. The maximum atomic E-state index is 11.2. The molecule has 2 aromatic heterocycles. The molecule has 0 spiro atoms. The van der Waals surface area contributed by atoms with Crippen molar-refractivity contribution in [3.05, 3.63) is 29.1 Å². The van der Waals surface area contributed by atoms with Crippen LogP contribution < -0.4 is 5.69 Å². The second-order valence-electron chi connectivity index (χ2n) is 2.21. The first-order valence-electron chi connectivity index (χ1n) is 3.14. The highest BCUT2D eigenvalue weighted by Crippen LogP contribution is 1.89. The van der Waals surface area contributed by atoms with Gasteiger partial charge in [0, 0.05) is 19.3 Å². The molecule has 0 aliphatic heterocycles. The SMILES string of the molecule is Cn1nc2ccncn2c1=O. The fraction of sp³-hybridized carbons (Fsp3) is 0.167. The first-order valence-corrected chi connectivity index (χ1v) is 3.14. The summed E-state index contributed by atoms with van der Waals surface area (Å²) in [6.07, 6.45) is 3.05. The number of hydrogen-bond acceptors (Lipinski definition) is 3. The van der Waals surface area contributed by atoms with Crippen LogP contribution in [0, 0.1) is 0 Å². The van der Waals surface area contributed by atoms with E-state index in [0.717, 1.165) is 0 Å². The zero-order valence-electron chi connectivity index (χ0n) is 5.93. The Kier molecular flexibility index (Phi) is 1.06. The minimum atomic E-state index is -0.173. The zero-order valence-corrected chi connectivity index (χ0v) is 5.93. The Morgan fingerprint density at radius 2 is 2.36 bits per heavy atom. The number of nitrogens with zero attached hydrogens (tertiary/aromatic N) is 4. The molecule has 0 fully saturated rings. The molecule has 56 valence electrons. The van der Waals surface area contributed by atoms with Crippen molar-refractivity contribution in [2.24, 2.45) is 7.05 Å². The van der Waals surface area contributed by atoms with Crippen LogP contribution in [0.25, 0.3) is 5.65 Å². The molecule has 0 atom stereocenters. The average Bonchev–Trinajstić information content (AvgIpc) is 2.30. The average molecular weight is 150 g/mol. The van der Waals surface area contributed by atoms with Crippen LogP contribution in [0.15, 0.2) is 23.4 Å². The number of aryl methyl sites for hydroxylation is 1. The summed E-state index contributed by atoms with van der Waals surface area (Å²) in [5.41, 5.74) is 0.445. The van der Waals surface area contributed by atoms with E-state index in [0.29, 0.717) is 5.65 Å². The lowest BCUT2D eigenvalue weighted by molar-refractivity contribution is 0.731. The predicted molar refractivity (Wildman–Crippen MR) is 38.2 cm³/mol. The topological polar surface area (TPSA) is 52.2 Å². The summed E-state index contributed by atoms with van der Waals surface area (Å²) in [4.78, 5) is 14.9. The van der Waals surface area contributed by atoms with Gasteiger partial charge in [0.25, 0.3) is 0 Å². The summed E-state index contributed by atoms with van der Waals surface area (Å²) >= 11 is 0. The monoisotopic (exact) mass is 150 g/mol. The third-order valence-electron chi connectivity index (χ3n) is 1.47. The van der Waals surface area contributed by atoms with E-state index in [2.05, 4.69) is 10.1 Å². The Hall–Kier alpha value is -1.65. The molecule has 0 aromatic carbocycles. The zero-order chi connectivity index (χ0) is 7.84. The Morgan fingerprint density at radius 3 is 3.09 bits per heavy atom. The Bertz CT molecular complexity index is 441. The van der Waals surface area contributed by atoms with Gasteiger partial charge in [-0.3, -0.25) is 0 Å². The maximum absolute atomic E-state index is 11.2. The van der Waals surface area contributed by atoms with Gasteiger partial charge in [0.1, 0.15) is 6.33 Å². The van der Waals surface area contributed by atoms with E-state index >= 15 is 0 Å². The summed E-state index contributed by atoms with van der Waals surface area (Å²) in [5.74, 6) is 0. The van der Waals surface area contributed by atoms with Crippen molar-refractivity contribution >= 4 is 5.65 Å². The summed E-state index contributed by atoms with van der Waals surface area (Å²) in [6.45, 7) is 0. The normalized spacial score (nSPS) is 10.6. The van der Waals surface area contributed by atoms with Gasteiger partial charge in [-0.25, -0.2) is 18.9 Å². The van der Waals surface area contributed by atoms with Gasteiger partial charge in [-0.1, -0.05) is 0 Å². The number of fused-ring (bicyclic) bond motifs is 1. The van der Waals surface area contributed by atoms with Gasteiger partial charge >= 0.3 is 5.69 Å². The van der Waals surface area contributed by atoms with E-state index in [9.17, 15) is 4.79 Å². The van der Waals surface area contributed by atoms with E-state index in [1.807, 2.05) is 0 Å². The van der Waals surface area contributed by atoms with Crippen LogP contribution in [0.3, 0.4) is 0 Å². The fourth-order valence-corrected chi connectivity index (χ4v) is 0.936. The van der Waals surface area contributed by atoms with Gasteiger partial charge < -0.3 is 0 Å². The molecule has 2 heterocycles. The van der Waals surface area contributed by atoms with Crippen LogP contribution in [-0.2, 0) is 7.05 Å². The van der Waals surface area contributed by atoms with Crippen molar-refractivity contribution in [3.8, 4) is 0 Å². The van der Waals surface area contributed by atoms with Gasteiger partial charge in [0.2, 0.25) is 0 Å². The molecule has 2 aromatic rings. The van der Waals surface area contributed by atoms with Gasteiger partial charge in [-0.15, -0.1) is 0 Å². The molecule has 0 amide bonds. The second kappa shape index (κ2) is 1.91. The largest absolute Gasteiger partial charge is 0.351 e. The molecule has 0 unspecified atom stereocenters.